The van der Waals surface area contributed by atoms with Gasteiger partial charge in [-0.1, -0.05) is 31.2 Å². The molecule has 1 unspecified atom stereocenters. The molecule has 6 heteroatoms. The zero-order valence-electron chi connectivity index (χ0n) is 14.7. The molecule has 1 atom stereocenters. The van der Waals surface area contributed by atoms with Crippen LogP contribution in [0, 0.1) is 5.92 Å². The fourth-order valence-corrected chi connectivity index (χ4v) is 3.80. The summed E-state index contributed by atoms with van der Waals surface area (Å²) in [6, 6.07) is 8.46. The van der Waals surface area contributed by atoms with Crippen molar-refractivity contribution < 1.29 is 4.79 Å². The molecule has 1 aliphatic rings. The van der Waals surface area contributed by atoms with Crippen LogP contribution in [-0.2, 0) is 17.6 Å². The first-order valence-corrected chi connectivity index (χ1v) is 9.47. The molecule has 2 aromatic rings. The SMILES string of the molecule is CCc1ccc(-c2nc(CC(=O)NC(C)(CN)C3CC3)cs2)cc1.Cl. The van der Waals surface area contributed by atoms with Crippen LogP contribution in [0.2, 0.25) is 0 Å². The van der Waals surface area contributed by atoms with Gasteiger partial charge in [0, 0.05) is 17.5 Å². The van der Waals surface area contributed by atoms with Crippen molar-refractivity contribution >= 4 is 29.7 Å². The summed E-state index contributed by atoms with van der Waals surface area (Å²) in [5, 5.41) is 6.05. The molecular weight excluding hydrogens is 354 g/mol. The molecule has 1 saturated carbocycles. The van der Waals surface area contributed by atoms with Crippen LogP contribution in [0.1, 0.15) is 37.9 Å². The molecule has 3 N–H and O–H groups in total. The van der Waals surface area contributed by atoms with Crippen molar-refractivity contribution in [2.24, 2.45) is 11.7 Å². The van der Waals surface area contributed by atoms with E-state index in [1.165, 1.54) is 5.56 Å². The van der Waals surface area contributed by atoms with Crippen molar-refractivity contribution in [1.29, 1.82) is 0 Å². The summed E-state index contributed by atoms with van der Waals surface area (Å²) < 4.78 is 0. The first-order chi connectivity index (χ1) is 11.5. The van der Waals surface area contributed by atoms with Gasteiger partial charge in [-0.25, -0.2) is 4.98 Å². The van der Waals surface area contributed by atoms with E-state index in [4.69, 9.17) is 5.73 Å². The van der Waals surface area contributed by atoms with Crippen LogP contribution >= 0.6 is 23.7 Å². The van der Waals surface area contributed by atoms with E-state index in [0.29, 0.717) is 18.9 Å². The Balaban J connectivity index is 0.00000225. The molecule has 1 fully saturated rings. The molecule has 0 radical (unpaired) electrons. The maximum atomic E-state index is 12.3. The first kappa shape index (κ1) is 19.9. The molecule has 25 heavy (non-hydrogen) atoms. The van der Waals surface area contributed by atoms with Gasteiger partial charge in [0.15, 0.2) is 0 Å². The predicted molar refractivity (Wildman–Crippen MR) is 106 cm³/mol. The number of nitrogens with two attached hydrogens (primary N) is 1. The van der Waals surface area contributed by atoms with Gasteiger partial charge >= 0.3 is 0 Å². The molecule has 1 aromatic carbocycles. The summed E-state index contributed by atoms with van der Waals surface area (Å²) in [6.45, 7) is 4.67. The van der Waals surface area contributed by atoms with Gasteiger partial charge in [-0.2, -0.15) is 0 Å². The number of rotatable bonds is 7. The van der Waals surface area contributed by atoms with Gasteiger partial charge in [0.1, 0.15) is 5.01 Å². The topological polar surface area (TPSA) is 68.0 Å². The lowest BCUT2D eigenvalue weighted by molar-refractivity contribution is -0.122. The Morgan fingerprint density at radius 1 is 1.36 bits per heavy atom. The van der Waals surface area contributed by atoms with Gasteiger partial charge < -0.3 is 11.1 Å². The number of nitrogens with zero attached hydrogens (tertiary/aromatic N) is 1. The number of carbonyl (C=O) groups excluding carboxylic acids is 1. The van der Waals surface area contributed by atoms with E-state index in [1.54, 1.807) is 11.3 Å². The van der Waals surface area contributed by atoms with Gasteiger partial charge in [-0.05, 0) is 37.7 Å². The minimum Gasteiger partial charge on any atom is -0.349 e. The van der Waals surface area contributed by atoms with Gasteiger partial charge in [-0.15, -0.1) is 23.7 Å². The highest BCUT2D eigenvalue weighted by molar-refractivity contribution is 7.13. The molecule has 0 aliphatic heterocycles. The van der Waals surface area contributed by atoms with Gasteiger partial charge in [0.25, 0.3) is 0 Å². The van der Waals surface area contributed by atoms with Crippen molar-refractivity contribution in [2.75, 3.05) is 6.54 Å². The molecule has 4 nitrogen and oxygen atoms in total. The van der Waals surface area contributed by atoms with Gasteiger partial charge in [0.05, 0.1) is 17.7 Å². The van der Waals surface area contributed by atoms with E-state index in [1.807, 2.05) is 12.3 Å². The lowest BCUT2D eigenvalue weighted by Crippen LogP contribution is -2.53. The molecule has 1 heterocycles. The van der Waals surface area contributed by atoms with Crippen molar-refractivity contribution in [3.8, 4) is 10.6 Å². The highest BCUT2D eigenvalue weighted by atomic mass is 35.5. The molecule has 3 rings (SSSR count). The van der Waals surface area contributed by atoms with Crippen LogP contribution in [0.5, 0.6) is 0 Å². The average Bonchev–Trinajstić information content (AvgIpc) is 3.36. The number of aryl methyl sites for hydroxylation is 1. The number of hydrogen-bond acceptors (Lipinski definition) is 4. The third-order valence-electron chi connectivity index (χ3n) is 4.83. The fraction of sp³-hybridized carbons (Fsp3) is 0.474. The quantitative estimate of drug-likeness (QED) is 0.772. The van der Waals surface area contributed by atoms with E-state index in [2.05, 4.69) is 41.5 Å². The minimum atomic E-state index is -0.272. The Bertz CT molecular complexity index is 712. The Kier molecular flexibility index (Phi) is 6.60. The fourth-order valence-electron chi connectivity index (χ4n) is 2.97. The Morgan fingerprint density at radius 3 is 2.60 bits per heavy atom. The van der Waals surface area contributed by atoms with E-state index >= 15 is 0 Å². The van der Waals surface area contributed by atoms with Crippen molar-refractivity contribution in [3.05, 3.63) is 40.9 Å². The second kappa shape index (κ2) is 8.30. The van der Waals surface area contributed by atoms with Crippen LogP contribution in [0.4, 0.5) is 0 Å². The summed E-state index contributed by atoms with van der Waals surface area (Å²) in [7, 11) is 0. The molecular formula is C19H26ClN3OS. The van der Waals surface area contributed by atoms with Crippen LogP contribution in [-0.4, -0.2) is 23.0 Å². The molecule has 1 aromatic heterocycles. The van der Waals surface area contributed by atoms with E-state index in [9.17, 15) is 4.79 Å². The van der Waals surface area contributed by atoms with Crippen LogP contribution < -0.4 is 11.1 Å². The molecule has 136 valence electrons. The summed E-state index contributed by atoms with van der Waals surface area (Å²) in [5.41, 5.74) is 8.84. The number of halogens is 1. The molecule has 0 spiro atoms. The minimum absolute atomic E-state index is 0. The number of nitrogens with one attached hydrogen (secondary N) is 1. The Labute approximate surface area is 159 Å². The lowest BCUT2D eigenvalue weighted by Gasteiger charge is -2.29. The van der Waals surface area contributed by atoms with Crippen molar-refractivity contribution in [2.45, 2.75) is 45.1 Å². The van der Waals surface area contributed by atoms with Gasteiger partial charge in [0.2, 0.25) is 5.91 Å². The number of aromatic nitrogens is 1. The Morgan fingerprint density at radius 2 is 2.04 bits per heavy atom. The number of amides is 1. The largest absolute Gasteiger partial charge is 0.349 e. The summed E-state index contributed by atoms with van der Waals surface area (Å²) >= 11 is 1.58. The standard InChI is InChI=1S/C19H25N3OS.ClH/c1-3-13-4-6-14(7-5-13)18-21-16(11-24-18)10-17(23)22-19(2,12-20)15-8-9-15;/h4-7,11,15H,3,8-10,12,20H2,1-2H3,(H,22,23);1H. The van der Waals surface area contributed by atoms with E-state index < -0.39 is 0 Å². The third-order valence-corrected chi connectivity index (χ3v) is 5.77. The smallest absolute Gasteiger partial charge is 0.226 e. The number of hydrogen-bond donors (Lipinski definition) is 2. The maximum Gasteiger partial charge on any atom is 0.226 e. The average molecular weight is 380 g/mol. The van der Waals surface area contributed by atoms with Gasteiger partial charge in [-0.3, -0.25) is 4.79 Å². The van der Waals surface area contributed by atoms with Crippen LogP contribution in [0.3, 0.4) is 0 Å². The van der Waals surface area contributed by atoms with Crippen LogP contribution in [0.15, 0.2) is 29.6 Å². The van der Waals surface area contributed by atoms with E-state index in [0.717, 1.165) is 35.5 Å². The zero-order valence-corrected chi connectivity index (χ0v) is 16.4. The summed E-state index contributed by atoms with van der Waals surface area (Å²) in [6.07, 6.45) is 3.65. The maximum absolute atomic E-state index is 12.3. The monoisotopic (exact) mass is 379 g/mol. The van der Waals surface area contributed by atoms with E-state index in [-0.39, 0.29) is 23.9 Å². The molecule has 0 bridgehead atoms. The van der Waals surface area contributed by atoms with Crippen molar-refractivity contribution in [3.63, 3.8) is 0 Å². The predicted octanol–water partition coefficient (Wildman–Crippen LogP) is 3.58. The highest BCUT2D eigenvalue weighted by Gasteiger charge is 2.41. The van der Waals surface area contributed by atoms with Crippen molar-refractivity contribution in [1.82, 2.24) is 10.3 Å². The highest BCUT2D eigenvalue weighted by Crippen LogP contribution is 2.39. The molecule has 0 saturated heterocycles. The number of carbonyl (C=O) groups is 1. The Hall–Kier alpha value is -1.43. The number of benzene rings is 1. The summed E-state index contributed by atoms with van der Waals surface area (Å²) in [4.78, 5) is 17.0. The lowest BCUT2D eigenvalue weighted by atomic mass is 9.95. The molecule has 1 aliphatic carbocycles. The zero-order chi connectivity index (χ0) is 17.2. The summed E-state index contributed by atoms with van der Waals surface area (Å²) in [5.74, 6) is 0.530. The third kappa shape index (κ3) is 4.81. The second-order valence-electron chi connectivity index (χ2n) is 6.82. The number of thiazole rings is 1. The normalized spacial score (nSPS) is 16.0. The first-order valence-electron chi connectivity index (χ1n) is 8.59. The second-order valence-corrected chi connectivity index (χ2v) is 7.67. The molecule has 1 amide bonds. The van der Waals surface area contributed by atoms with Crippen LogP contribution in [0.25, 0.3) is 10.6 Å².